The van der Waals surface area contributed by atoms with E-state index in [0.717, 1.165) is 24.1 Å². The van der Waals surface area contributed by atoms with Gasteiger partial charge in [-0.15, -0.1) is 0 Å². The molecule has 1 rings (SSSR count). The fourth-order valence-corrected chi connectivity index (χ4v) is 15.0. The van der Waals surface area contributed by atoms with E-state index in [2.05, 4.69) is 0 Å². The number of rotatable bonds is 12. The molecule has 11 nitrogen and oxygen atoms in total. The Balaban J connectivity index is 4.17. The van der Waals surface area contributed by atoms with Gasteiger partial charge in [0.1, 0.15) is 0 Å². The summed E-state index contributed by atoms with van der Waals surface area (Å²) in [5, 5.41) is 21.4. The summed E-state index contributed by atoms with van der Waals surface area (Å²) < 4.78 is 82.0. The third-order valence-electron chi connectivity index (χ3n) is 7.14. The number of amides is 1. The van der Waals surface area contributed by atoms with Crippen molar-refractivity contribution in [3.63, 3.8) is 0 Å². The van der Waals surface area contributed by atoms with Gasteiger partial charge in [0.15, 0.2) is 0 Å². The molecule has 0 aromatic heterocycles. The summed E-state index contributed by atoms with van der Waals surface area (Å²) >= 11 is 0. The first-order valence-corrected chi connectivity index (χ1v) is 16.1. The number of nitrogens with zero attached hydrogens (tertiary/aromatic N) is 3. The maximum atomic E-state index is 13.7. The Hall–Kier alpha value is -2.95. The molecule has 1 aromatic carbocycles. The van der Waals surface area contributed by atoms with Crippen molar-refractivity contribution in [3.05, 3.63) is 45.8 Å². The SMILES string of the molecule is CCOC(=O)N(/C(OC)=C(\C#N)CP(OS(=O)(=O)C(F)(F)F)(C(C)C)(C(C)C)C(C)C)c1ccc([N+](=O)[O-])cc1. The van der Waals surface area contributed by atoms with E-state index in [1.807, 2.05) is 6.07 Å². The predicted octanol–water partition coefficient (Wildman–Crippen LogP) is 6.50. The van der Waals surface area contributed by atoms with Gasteiger partial charge >= 0.3 is 232 Å². The maximum absolute atomic E-state index is 13.7. The number of carbonyl (C=O) groups is 1. The van der Waals surface area contributed by atoms with E-state index in [9.17, 15) is 41.8 Å². The molecule has 0 heterocycles. The standard InChI is InChI=1S/C24H35F3N3O8PS/c1-9-37-23(31)29(20-10-12-21(13-11-20)30(32)33)22(36-8)19(14-28)15-39(16(2)3,17(4)5,18(6)7)38-40(34,35)24(25,26)27/h10-13,16-18H,9,15H2,1-8H3/b22-19-. The predicted molar refractivity (Wildman–Crippen MR) is 146 cm³/mol. The molecule has 0 saturated heterocycles. The molecule has 0 spiro atoms. The van der Waals surface area contributed by atoms with E-state index in [-0.39, 0.29) is 23.6 Å². The Morgan fingerprint density at radius 3 is 1.90 bits per heavy atom. The van der Waals surface area contributed by atoms with Gasteiger partial charge in [-0.1, -0.05) is 0 Å². The average molecular weight is 614 g/mol. The van der Waals surface area contributed by atoms with E-state index in [1.165, 1.54) is 60.6 Å². The number of hydrogen-bond donors (Lipinski definition) is 0. The second-order valence-corrected chi connectivity index (χ2v) is 18.0. The number of hydrogen-bond acceptors (Lipinski definition) is 9. The molecule has 0 fully saturated rings. The number of carbonyl (C=O) groups excluding carboxylic acids is 1. The number of anilines is 1. The van der Waals surface area contributed by atoms with Crippen LogP contribution in [0.15, 0.2) is 35.7 Å². The van der Waals surface area contributed by atoms with Crippen molar-refractivity contribution in [2.75, 3.05) is 24.8 Å². The van der Waals surface area contributed by atoms with Gasteiger partial charge < -0.3 is 0 Å². The summed E-state index contributed by atoms with van der Waals surface area (Å²) in [7, 11) is -5.03. The second kappa shape index (κ2) is 12.7. The van der Waals surface area contributed by atoms with Crippen LogP contribution in [0, 0.1) is 21.4 Å². The van der Waals surface area contributed by atoms with Gasteiger partial charge in [-0.2, -0.15) is 0 Å². The summed E-state index contributed by atoms with van der Waals surface area (Å²) in [4.78, 5) is 24.3. The first-order chi connectivity index (χ1) is 18.3. The quantitative estimate of drug-likeness (QED) is 0.0643. The van der Waals surface area contributed by atoms with Gasteiger partial charge in [-0.25, -0.2) is 0 Å². The van der Waals surface area contributed by atoms with Crippen molar-refractivity contribution < 1.29 is 44.8 Å². The molecule has 0 aliphatic heterocycles. The molecule has 0 radical (unpaired) electrons. The summed E-state index contributed by atoms with van der Waals surface area (Å²) in [5.74, 6) is -0.459. The van der Waals surface area contributed by atoms with Crippen LogP contribution in [0.2, 0.25) is 0 Å². The van der Waals surface area contributed by atoms with Crippen molar-refractivity contribution >= 4 is 34.4 Å². The van der Waals surface area contributed by atoms with Crippen LogP contribution in [0.4, 0.5) is 29.3 Å². The third-order valence-corrected chi connectivity index (χ3v) is 18.0. The number of non-ortho nitro benzene ring substituents is 1. The van der Waals surface area contributed by atoms with Gasteiger partial charge in [-0.3, -0.25) is 0 Å². The molecule has 16 heteroatoms. The summed E-state index contributed by atoms with van der Waals surface area (Å²) in [6.45, 7) is 5.92. The molecule has 1 aromatic rings. The first kappa shape index (κ1) is 35.1. The number of alkyl halides is 3. The van der Waals surface area contributed by atoms with Crippen LogP contribution in [0.3, 0.4) is 0 Å². The fourth-order valence-electron chi connectivity index (χ4n) is 4.96. The van der Waals surface area contributed by atoms with Crippen molar-refractivity contribution in [1.82, 2.24) is 0 Å². The summed E-state index contributed by atoms with van der Waals surface area (Å²) in [6, 6.07) is 6.45. The Labute approximate surface area is 232 Å². The van der Waals surface area contributed by atoms with Crippen LogP contribution >= 0.6 is 6.83 Å². The molecule has 0 aliphatic carbocycles. The number of nitro groups is 1. The molecule has 226 valence electrons. The molecule has 0 aliphatic rings. The van der Waals surface area contributed by atoms with Gasteiger partial charge in [0.2, 0.25) is 0 Å². The van der Waals surface area contributed by atoms with Crippen LogP contribution in [-0.4, -0.2) is 61.8 Å². The Morgan fingerprint density at radius 2 is 1.57 bits per heavy atom. The minimum absolute atomic E-state index is 0.0172. The number of allylic oxidation sites excluding steroid dienone is 1. The number of nitro benzene ring substituents is 1. The number of nitriles is 1. The van der Waals surface area contributed by atoms with Gasteiger partial charge in [0, 0.05) is 0 Å². The fraction of sp³-hybridized carbons (Fsp3) is 0.583. The molecule has 0 saturated carbocycles. The topological polar surface area (TPSA) is 149 Å². The molecule has 0 bridgehead atoms. The molecule has 40 heavy (non-hydrogen) atoms. The molecule has 0 atom stereocenters. The van der Waals surface area contributed by atoms with Crippen molar-refractivity contribution in [2.45, 2.75) is 71.0 Å². The third kappa shape index (κ3) is 6.34. The molecule has 1 amide bonds. The molecule has 0 unspecified atom stereocenters. The Bertz CT molecular complexity index is 1250. The zero-order chi connectivity index (χ0) is 31.3. The average Bonchev–Trinajstić information content (AvgIpc) is 2.84. The molecular weight excluding hydrogens is 578 g/mol. The van der Waals surface area contributed by atoms with E-state index < -0.39 is 62.5 Å². The van der Waals surface area contributed by atoms with Crippen molar-refractivity contribution in [2.24, 2.45) is 0 Å². The van der Waals surface area contributed by atoms with Crippen LogP contribution in [-0.2, 0) is 23.6 Å². The Morgan fingerprint density at radius 1 is 1.10 bits per heavy atom. The summed E-state index contributed by atoms with van der Waals surface area (Å²) in [5.41, 5.74) is -8.84. The summed E-state index contributed by atoms with van der Waals surface area (Å²) in [6.07, 6.45) is -1.65. The van der Waals surface area contributed by atoms with E-state index >= 15 is 0 Å². The van der Waals surface area contributed by atoms with Crippen molar-refractivity contribution in [3.8, 4) is 6.07 Å². The van der Waals surface area contributed by atoms with Crippen LogP contribution < -0.4 is 4.90 Å². The Kier molecular flexibility index (Phi) is 11.1. The monoisotopic (exact) mass is 613 g/mol. The first-order valence-electron chi connectivity index (χ1n) is 12.2. The van der Waals surface area contributed by atoms with Crippen LogP contribution in [0.25, 0.3) is 0 Å². The number of halogens is 3. The van der Waals surface area contributed by atoms with E-state index in [0.29, 0.717) is 0 Å². The zero-order valence-corrected chi connectivity index (χ0v) is 25.3. The minimum atomic E-state index is -6.13. The number of methoxy groups -OCH3 is 1. The van der Waals surface area contributed by atoms with Gasteiger partial charge in [0.25, 0.3) is 0 Å². The van der Waals surface area contributed by atoms with Crippen LogP contribution in [0.1, 0.15) is 48.5 Å². The molecule has 0 N–H and O–H groups in total. The zero-order valence-electron chi connectivity index (χ0n) is 23.6. The molecular formula is C24H35F3N3O8PS. The number of ether oxygens (including phenoxy) is 2. The van der Waals surface area contributed by atoms with Gasteiger partial charge in [-0.05, 0) is 0 Å². The van der Waals surface area contributed by atoms with Crippen molar-refractivity contribution in [1.29, 1.82) is 5.26 Å². The number of benzene rings is 1. The van der Waals surface area contributed by atoms with Gasteiger partial charge in [0.05, 0.1) is 0 Å². The van der Waals surface area contributed by atoms with Crippen LogP contribution in [0.5, 0.6) is 0 Å². The second-order valence-electron chi connectivity index (χ2n) is 9.76. The normalized spacial score (nSPS) is 14.3. The van der Waals surface area contributed by atoms with E-state index in [1.54, 1.807) is 0 Å². The van der Waals surface area contributed by atoms with E-state index in [4.69, 9.17) is 13.4 Å².